The summed E-state index contributed by atoms with van der Waals surface area (Å²) >= 11 is 0. The second-order valence-corrected chi connectivity index (χ2v) is 14.7. The van der Waals surface area contributed by atoms with Crippen molar-refractivity contribution in [1.29, 1.82) is 0 Å². The predicted molar refractivity (Wildman–Crippen MR) is 180 cm³/mol. The fourth-order valence-corrected chi connectivity index (χ4v) is 8.15. The fraction of sp³-hybridized carbons (Fsp3) is 0.763. The number of fused-ring (bicyclic) bond motifs is 2. The van der Waals surface area contributed by atoms with Gasteiger partial charge in [0.2, 0.25) is 0 Å². The molecule has 1 aliphatic carbocycles. The van der Waals surface area contributed by atoms with E-state index in [0.717, 1.165) is 18.4 Å². The molecule has 48 heavy (non-hydrogen) atoms. The first-order valence-electron chi connectivity index (χ1n) is 17.9. The summed E-state index contributed by atoms with van der Waals surface area (Å²) < 4.78 is 43.1. The van der Waals surface area contributed by atoms with E-state index in [9.17, 15) is 15.0 Å². The van der Waals surface area contributed by atoms with Crippen LogP contribution in [0.15, 0.2) is 47.1 Å². The van der Waals surface area contributed by atoms with Crippen LogP contribution in [0, 0.1) is 23.7 Å². The number of methoxy groups -OCH3 is 1. The minimum atomic E-state index is -1.76. The fourth-order valence-electron chi connectivity index (χ4n) is 8.15. The number of aliphatic hydroxyl groups excluding tert-OH is 1. The van der Waals surface area contributed by atoms with Crippen LogP contribution < -0.4 is 0 Å². The van der Waals surface area contributed by atoms with E-state index in [4.69, 9.17) is 33.2 Å². The lowest BCUT2D eigenvalue weighted by molar-refractivity contribution is -0.340. The van der Waals surface area contributed by atoms with Gasteiger partial charge in [0, 0.05) is 32.3 Å². The van der Waals surface area contributed by atoms with Crippen molar-refractivity contribution in [3.05, 3.63) is 47.1 Å². The second kappa shape index (κ2) is 16.0. The number of esters is 1. The van der Waals surface area contributed by atoms with Crippen LogP contribution in [-0.4, -0.2) is 97.9 Å². The van der Waals surface area contributed by atoms with Gasteiger partial charge in [-0.05, 0) is 55.2 Å². The van der Waals surface area contributed by atoms with Crippen molar-refractivity contribution in [2.45, 2.75) is 128 Å². The van der Waals surface area contributed by atoms with Crippen LogP contribution in [0.4, 0.5) is 0 Å². The van der Waals surface area contributed by atoms with E-state index >= 15 is 0 Å². The zero-order chi connectivity index (χ0) is 34.6. The minimum Gasteiger partial charge on any atom is -0.462 e. The Labute approximate surface area is 286 Å². The zero-order valence-corrected chi connectivity index (χ0v) is 29.9. The molecular weight excluding hydrogens is 616 g/mol. The summed E-state index contributed by atoms with van der Waals surface area (Å²) in [6.07, 6.45) is 10.6. The monoisotopic (exact) mass is 674 g/mol. The maximum absolute atomic E-state index is 14.1. The quantitative estimate of drug-likeness (QED) is 0.154. The molecule has 0 saturated carbocycles. The van der Waals surface area contributed by atoms with Crippen molar-refractivity contribution >= 4 is 5.97 Å². The molecule has 5 aliphatic rings. The van der Waals surface area contributed by atoms with Gasteiger partial charge in [-0.2, -0.15) is 0 Å². The first kappa shape index (κ1) is 37.4. The van der Waals surface area contributed by atoms with Crippen LogP contribution in [0.25, 0.3) is 0 Å². The normalized spacial score (nSPS) is 44.1. The first-order valence-corrected chi connectivity index (χ1v) is 17.9. The van der Waals surface area contributed by atoms with Gasteiger partial charge in [0.25, 0.3) is 0 Å². The zero-order valence-electron chi connectivity index (χ0n) is 29.9. The van der Waals surface area contributed by atoms with Crippen LogP contribution in [0.5, 0.6) is 0 Å². The molecule has 0 unspecified atom stereocenters. The number of rotatable bonds is 8. The molecule has 0 aromatic heterocycles. The maximum atomic E-state index is 14.1. The summed E-state index contributed by atoms with van der Waals surface area (Å²) in [6.45, 7) is 13.6. The Bertz CT molecular complexity index is 1240. The second-order valence-electron chi connectivity index (χ2n) is 14.7. The Balaban J connectivity index is 1.51. The first-order chi connectivity index (χ1) is 22.9. The third-order valence-corrected chi connectivity index (χ3v) is 11.2. The lowest BCUT2D eigenvalue weighted by Crippen LogP contribution is -2.58. The van der Waals surface area contributed by atoms with Gasteiger partial charge in [0.05, 0.1) is 38.1 Å². The largest absolute Gasteiger partial charge is 0.462 e. The Hall–Kier alpha value is -1.89. The van der Waals surface area contributed by atoms with Gasteiger partial charge in [-0.25, -0.2) is 0 Å². The van der Waals surface area contributed by atoms with E-state index in [2.05, 4.69) is 40.7 Å². The molecular formula is C38H58O10. The van der Waals surface area contributed by atoms with Gasteiger partial charge in [0.1, 0.15) is 36.6 Å². The number of ether oxygens (including phenoxy) is 7. The highest BCUT2D eigenvalue weighted by molar-refractivity contribution is 5.78. The number of carbonyl (C=O) groups excluding carboxylic acids is 1. The molecule has 270 valence electrons. The number of hydrogen-bond acceptors (Lipinski definition) is 10. The molecule has 4 aliphatic heterocycles. The third kappa shape index (κ3) is 7.86. The van der Waals surface area contributed by atoms with Gasteiger partial charge >= 0.3 is 5.97 Å². The Morgan fingerprint density at radius 1 is 1.12 bits per heavy atom. The van der Waals surface area contributed by atoms with Crippen molar-refractivity contribution in [3.63, 3.8) is 0 Å². The SMILES string of the molecule is CC[C@H](C)[C@H]1O[C@]2(CC[C@@H]1C)C[C@@H]1C[C@@H](C/C=C(\C)[C@H](OCOCCOC)[C@@H](C)/C=C/C=C3\CO[C@@H]4[C@H](O)C(C)=C[C@@H](C(=O)O1)[C@]34O)O2. The smallest absolute Gasteiger partial charge is 0.316 e. The average molecular weight is 675 g/mol. The summed E-state index contributed by atoms with van der Waals surface area (Å²) in [4.78, 5) is 14.1. The lowest BCUT2D eigenvalue weighted by Gasteiger charge is -2.51. The van der Waals surface area contributed by atoms with Gasteiger partial charge < -0.3 is 43.4 Å². The van der Waals surface area contributed by atoms with Gasteiger partial charge in [-0.15, -0.1) is 0 Å². The highest BCUT2D eigenvalue weighted by Gasteiger charge is 2.60. The third-order valence-electron chi connectivity index (χ3n) is 11.2. The van der Waals surface area contributed by atoms with E-state index < -0.39 is 41.6 Å². The van der Waals surface area contributed by atoms with E-state index in [1.807, 2.05) is 12.2 Å². The molecule has 2 bridgehead atoms. The van der Waals surface area contributed by atoms with E-state index in [0.29, 0.717) is 61.9 Å². The van der Waals surface area contributed by atoms with E-state index in [-0.39, 0.29) is 37.6 Å². The van der Waals surface area contributed by atoms with E-state index in [1.54, 1.807) is 26.2 Å². The number of carbonyl (C=O) groups is 1. The molecule has 3 fully saturated rings. The van der Waals surface area contributed by atoms with Gasteiger partial charge in [0.15, 0.2) is 5.79 Å². The van der Waals surface area contributed by atoms with Gasteiger partial charge in [-0.3, -0.25) is 4.79 Å². The highest BCUT2D eigenvalue weighted by atomic mass is 16.7. The summed E-state index contributed by atoms with van der Waals surface area (Å²) in [5.41, 5.74) is 0.362. The van der Waals surface area contributed by atoms with E-state index in [1.165, 1.54) is 0 Å². The van der Waals surface area contributed by atoms with Crippen LogP contribution in [0.3, 0.4) is 0 Å². The van der Waals surface area contributed by atoms with Crippen LogP contribution in [0.2, 0.25) is 0 Å². The molecule has 10 heteroatoms. The molecule has 4 heterocycles. The average Bonchev–Trinajstić information content (AvgIpc) is 3.40. The predicted octanol–water partition coefficient (Wildman–Crippen LogP) is 5.18. The summed E-state index contributed by atoms with van der Waals surface area (Å²) in [7, 11) is 1.63. The Morgan fingerprint density at radius 2 is 1.92 bits per heavy atom. The van der Waals surface area contributed by atoms with Crippen molar-refractivity contribution in [1.82, 2.24) is 0 Å². The molecule has 3 saturated heterocycles. The molecule has 2 N–H and O–H groups in total. The molecule has 0 aromatic carbocycles. The van der Waals surface area contributed by atoms with Crippen molar-refractivity contribution in [3.8, 4) is 0 Å². The Morgan fingerprint density at radius 3 is 2.67 bits per heavy atom. The number of hydrogen-bond donors (Lipinski definition) is 2. The Kier molecular flexibility index (Phi) is 12.4. The topological polar surface area (TPSA) is 122 Å². The molecule has 5 rings (SSSR count). The van der Waals surface area contributed by atoms with Crippen LogP contribution >= 0.6 is 0 Å². The molecule has 12 atom stereocenters. The minimum absolute atomic E-state index is 0.0349. The molecule has 1 spiro atoms. The summed E-state index contributed by atoms with van der Waals surface area (Å²) in [5.74, 6) is -1.77. The van der Waals surface area contributed by atoms with Crippen molar-refractivity contribution in [2.75, 3.05) is 33.7 Å². The molecule has 0 aromatic rings. The maximum Gasteiger partial charge on any atom is 0.316 e. The van der Waals surface area contributed by atoms with Crippen LogP contribution in [-0.2, 0) is 38.0 Å². The molecule has 0 amide bonds. The number of allylic oxidation sites excluding steroid dienone is 2. The van der Waals surface area contributed by atoms with Crippen molar-refractivity contribution in [2.24, 2.45) is 23.7 Å². The standard InChI is InChI=1S/C38H58O10/c1-8-23(2)34-26(5)14-15-37(48-34)20-30-19-29(47-37)13-12-25(4)33(45-22-43-17-16-42-7)24(3)10-9-11-28-21-44-35-32(39)27(6)18-31(36(40)46-30)38(28,35)41/h9-12,18,23-24,26,29-35,39,41H,8,13-17,19-22H2,1-7H3/b10-9+,25-12+,28-11+/t23-,24-,26-,29+,30-,31-,32+,33+,34+,35+,37+,38+/m0/s1. The van der Waals surface area contributed by atoms with Crippen LogP contribution in [0.1, 0.15) is 80.1 Å². The lowest BCUT2D eigenvalue weighted by atomic mass is 9.71. The summed E-state index contributed by atoms with van der Waals surface area (Å²) in [5, 5.41) is 23.3. The van der Waals surface area contributed by atoms with Gasteiger partial charge in [-0.1, -0.05) is 64.5 Å². The highest BCUT2D eigenvalue weighted by Crippen LogP contribution is 2.48. The molecule has 0 radical (unpaired) electrons. The molecule has 10 nitrogen and oxygen atoms in total. The summed E-state index contributed by atoms with van der Waals surface area (Å²) in [6, 6.07) is 0. The van der Waals surface area contributed by atoms with Crippen molar-refractivity contribution < 1.29 is 48.2 Å². The number of aliphatic hydroxyl groups is 2.